The number of likely N-dealkylation sites (N-methyl/N-ethyl adjacent to an activating group) is 1. The molecule has 0 radical (unpaired) electrons. The molecule has 1 aliphatic rings. The van der Waals surface area contributed by atoms with E-state index in [4.69, 9.17) is 10.2 Å². The van der Waals surface area contributed by atoms with Gasteiger partial charge in [-0.25, -0.2) is 0 Å². The Labute approximate surface area is 126 Å². The van der Waals surface area contributed by atoms with Crippen LogP contribution in [0.3, 0.4) is 0 Å². The van der Waals surface area contributed by atoms with Crippen molar-refractivity contribution in [2.24, 2.45) is 5.73 Å². The molecule has 0 amide bonds. The molecule has 4 nitrogen and oxygen atoms in total. The third kappa shape index (κ3) is 3.28. The molecule has 0 bridgehead atoms. The van der Waals surface area contributed by atoms with Crippen molar-refractivity contribution in [2.75, 3.05) is 33.2 Å². The van der Waals surface area contributed by atoms with Gasteiger partial charge in [0.1, 0.15) is 11.3 Å². The molecule has 0 saturated carbocycles. The Morgan fingerprint density at radius 3 is 2.76 bits per heavy atom. The Kier molecular flexibility index (Phi) is 4.58. The number of benzene rings is 1. The van der Waals surface area contributed by atoms with Gasteiger partial charge < -0.3 is 20.0 Å². The van der Waals surface area contributed by atoms with Crippen LogP contribution in [0.25, 0.3) is 11.0 Å². The van der Waals surface area contributed by atoms with Crippen molar-refractivity contribution in [3.05, 3.63) is 35.6 Å². The summed E-state index contributed by atoms with van der Waals surface area (Å²) >= 11 is 0. The first-order valence-electron chi connectivity index (χ1n) is 7.88. The highest BCUT2D eigenvalue weighted by Crippen LogP contribution is 2.26. The van der Waals surface area contributed by atoms with Gasteiger partial charge in [0.25, 0.3) is 0 Å². The number of fused-ring (bicyclic) bond motifs is 1. The van der Waals surface area contributed by atoms with Crippen LogP contribution in [0.5, 0.6) is 0 Å². The Morgan fingerprint density at radius 2 is 2.00 bits per heavy atom. The minimum absolute atomic E-state index is 0.462. The van der Waals surface area contributed by atoms with Crippen LogP contribution >= 0.6 is 0 Å². The quantitative estimate of drug-likeness (QED) is 0.886. The molecule has 1 aliphatic heterocycles. The molecule has 1 saturated heterocycles. The Bertz CT molecular complexity index is 587. The van der Waals surface area contributed by atoms with Gasteiger partial charge in [0.05, 0.1) is 6.54 Å². The van der Waals surface area contributed by atoms with Crippen LogP contribution < -0.4 is 5.73 Å². The first-order chi connectivity index (χ1) is 10.3. The zero-order chi connectivity index (χ0) is 14.7. The van der Waals surface area contributed by atoms with Crippen LogP contribution in [0.15, 0.2) is 28.7 Å². The maximum Gasteiger partial charge on any atom is 0.134 e. The van der Waals surface area contributed by atoms with Crippen molar-refractivity contribution >= 4 is 11.0 Å². The molecule has 1 aromatic carbocycles. The molecule has 4 heteroatoms. The van der Waals surface area contributed by atoms with Gasteiger partial charge in [-0.15, -0.1) is 0 Å². The van der Waals surface area contributed by atoms with E-state index in [9.17, 15) is 0 Å². The second kappa shape index (κ2) is 6.60. The smallest absolute Gasteiger partial charge is 0.134 e. The summed E-state index contributed by atoms with van der Waals surface area (Å²) in [5.41, 5.74) is 8.04. The van der Waals surface area contributed by atoms with Gasteiger partial charge in [-0.3, -0.25) is 0 Å². The van der Waals surface area contributed by atoms with E-state index in [2.05, 4.69) is 29.0 Å². The molecule has 21 heavy (non-hydrogen) atoms. The van der Waals surface area contributed by atoms with Gasteiger partial charge in [0.15, 0.2) is 0 Å². The molecule has 3 rings (SSSR count). The highest BCUT2D eigenvalue weighted by Gasteiger charge is 2.16. The average Bonchev–Trinajstić information content (AvgIpc) is 3.13. The van der Waals surface area contributed by atoms with E-state index >= 15 is 0 Å². The normalized spacial score (nSPS) is 16.3. The molecule has 2 heterocycles. The number of hydrogen-bond donors (Lipinski definition) is 1. The van der Waals surface area contributed by atoms with Gasteiger partial charge >= 0.3 is 0 Å². The topological polar surface area (TPSA) is 45.6 Å². The molecule has 1 aromatic heterocycles. The van der Waals surface area contributed by atoms with Crippen molar-refractivity contribution in [3.8, 4) is 0 Å². The zero-order valence-corrected chi connectivity index (χ0v) is 12.8. The van der Waals surface area contributed by atoms with E-state index in [1.54, 1.807) is 0 Å². The molecule has 0 unspecified atom stereocenters. The molecule has 0 spiro atoms. The lowest BCUT2D eigenvalue weighted by Gasteiger charge is -2.21. The minimum atomic E-state index is 0.462. The van der Waals surface area contributed by atoms with E-state index in [0.29, 0.717) is 6.54 Å². The minimum Gasteiger partial charge on any atom is -0.459 e. The van der Waals surface area contributed by atoms with Gasteiger partial charge in [-0.1, -0.05) is 18.2 Å². The molecule has 0 atom stereocenters. The van der Waals surface area contributed by atoms with Gasteiger partial charge in [0.2, 0.25) is 0 Å². The summed E-state index contributed by atoms with van der Waals surface area (Å²) in [5.74, 6) is 0.921. The summed E-state index contributed by atoms with van der Waals surface area (Å²) in [7, 11) is 2.18. The first-order valence-corrected chi connectivity index (χ1v) is 7.88. The summed E-state index contributed by atoms with van der Waals surface area (Å²) < 4.78 is 5.87. The standard InChI is InChI=1S/C17H25N3O/c1-19(10-11-20-8-4-5-9-20)13-15-14-6-2-3-7-16(14)21-17(15)12-18/h2-3,6-7H,4-5,8-13,18H2,1H3. The average molecular weight is 287 g/mol. The third-order valence-corrected chi connectivity index (χ3v) is 4.39. The van der Waals surface area contributed by atoms with Gasteiger partial charge in [-0.05, 0) is 39.0 Å². The fourth-order valence-electron chi connectivity index (χ4n) is 3.16. The monoisotopic (exact) mass is 287 g/mol. The SMILES string of the molecule is CN(CCN1CCCC1)Cc1c(CN)oc2ccccc12. The molecule has 0 aliphatic carbocycles. The van der Waals surface area contributed by atoms with Crippen molar-refractivity contribution < 1.29 is 4.42 Å². The molecule has 2 aromatic rings. The number of hydrogen-bond acceptors (Lipinski definition) is 4. The van der Waals surface area contributed by atoms with Crippen LogP contribution in [0.1, 0.15) is 24.2 Å². The molecular weight excluding hydrogens is 262 g/mol. The van der Waals surface area contributed by atoms with E-state index in [1.807, 2.05) is 12.1 Å². The fraction of sp³-hybridized carbons (Fsp3) is 0.529. The van der Waals surface area contributed by atoms with E-state index in [0.717, 1.165) is 31.0 Å². The first kappa shape index (κ1) is 14.6. The van der Waals surface area contributed by atoms with Crippen LogP contribution in [0.4, 0.5) is 0 Å². The summed E-state index contributed by atoms with van der Waals surface area (Å²) in [4.78, 5) is 4.92. The van der Waals surface area contributed by atoms with E-state index in [1.165, 1.54) is 36.9 Å². The summed E-state index contributed by atoms with van der Waals surface area (Å²) in [6, 6.07) is 8.21. The van der Waals surface area contributed by atoms with E-state index < -0.39 is 0 Å². The molecule has 114 valence electrons. The summed E-state index contributed by atoms with van der Waals surface area (Å²) in [5, 5.41) is 1.20. The maximum absolute atomic E-state index is 5.87. The Morgan fingerprint density at radius 1 is 1.24 bits per heavy atom. The molecule has 2 N–H and O–H groups in total. The Hall–Kier alpha value is -1.36. The molecule has 1 fully saturated rings. The second-order valence-electron chi connectivity index (χ2n) is 5.99. The number of nitrogens with zero attached hydrogens (tertiary/aromatic N) is 2. The predicted molar refractivity (Wildman–Crippen MR) is 86.1 cm³/mol. The number of likely N-dealkylation sites (tertiary alicyclic amines) is 1. The fourth-order valence-corrected chi connectivity index (χ4v) is 3.16. The molecular formula is C17H25N3O. The summed E-state index contributed by atoms with van der Waals surface area (Å²) in [6.45, 7) is 6.13. The number of nitrogens with two attached hydrogens (primary N) is 1. The van der Waals surface area contributed by atoms with Gasteiger partial charge in [0, 0.05) is 30.6 Å². The van der Waals surface area contributed by atoms with Crippen LogP contribution in [0, 0.1) is 0 Å². The second-order valence-corrected chi connectivity index (χ2v) is 5.99. The van der Waals surface area contributed by atoms with Crippen molar-refractivity contribution in [3.63, 3.8) is 0 Å². The zero-order valence-electron chi connectivity index (χ0n) is 12.8. The number of furan rings is 1. The van der Waals surface area contributed by atoms with Crippen molar-refractivity contribution in [1.29, 1.82) is 0 Å². The highest BCUT2D eigenvalue weighted by molar-refractivity contribution is 5.82. The van der Waals surface area contributed by atoms with Crippen LogP contribution in [-0.2, 0) is 13.1 Å². The predicted octanol–water partition coefficient (Wildman–Crippen LogP) is 2.42. The van der Waals surface area contributed by atoms with E-state index in [-0.39, 0.29) is 0 Å². The van der Waals surface area contributed by atoms with Crippen molar-refractivity contribution in [1.82, 2.24) is 9.80 Å². The lowest BCUT2D eigenvalue weighted by molar-refractivity contribution is 0.251. The van der Waals surface area contributed by atoms with Crippen LogP contribution in [-0.4, -0.2) is 43.0 Å². The third-order valence-electron chi connectivity index (χ3n) is 4.39. The largest absolute Gasteiger partial charge is 0.459 e. The van der Waals surface area contributed by atoms with Crippen LogP contribution in [0.2, 0.25) is 0 Å². The summed E-state index contributed by atoms with van der Waals surface area (Å²) in [6.07, 6.45) is 2.71. The van der Waals surface area contributed by atoms with Gasteiger partial charge in [-0.2, -0.15) is 0 Å². The number of rotatable bonds is 6. The lowest BCUT2D eigenvalue weighted by atomic mass is 10.1. The lowest BCUT2D eigenvalue weighted by Crippen LogP contribution is -2.31. The van der Waals surface area contributed by atoms with Crippen molar-refractivity contribution in [2.45, 2.75) is 25.9 Å². The highest BCUT2D eigenvalue weighted by atomic mass is 16.3. The maximum atomic E-state index is 5.87. The Balaban J connectivity index is 1.68. The number of para-hydroxylation sites is 1.